The van der Waals surface area contributed by atoms with Crippen LogP contribution in [0, 0.1) is 5.82 Å². The van der Waals surface area contributed by atoms with Crippen LogP contribution in [0.15, 0.2) is 48.0 Å². The Labute approximate surface area is 173 Å². The number of ether oxygens (including phenoxy) is 2. The van der Waals surface area contributed by atoms with E-state index in [1.165, 1.54) is 25.3 Å². The summed E-state index contributed by atoms with van der Waals surface area (Å²) in [7, 11) is 1.49. The Bertz CT molecular complexity index is 1020. The van der Waals surface area contributed by atoms with Crippen LogP contribution >= 0.6 is 0 Å². The third-order valence-corrected chi connectivity index (χ3v) is 4.59. The van der Waals surface area contributed by atoms with Crippen LogP contribution in [0.1, 0.15) is 25.8 Å². The van der Waals surface area contributed by atoms with E-state index in [0.717, 1.165) is 23.5 Å². The Morgan fingerprint density at radius 1 is 1.10 bits per heavy atom. The quantitative estimate of drug-likeness (QED) is 0.578. The predicted molar refractivity (Wildman–Crippen MR) is 109 cm³/mol. The first-order valence-corrected chi connectivity index (χ1v) is 9.35. The average Bonchev–Trinajstić information content (AvgIpc) is 2.73. The van der Waals surface area contributed by atoms with Crippen molar-refractivity contribution < 1.29 is 28.2 Å². The van der Waals surface area contributed by atoms with Gasteiger partial charge < -0.3 is 9.47 Å². The van der Waals surface area contributed by atoms with E-state index in [1.807, 2.05) is 13.8 Å². The summed E-state index contributed by atoms with van der Waals surface area (Å²) in [6.07, 6.45) is 2.16. The van der Waals surface area contributed by atoms with Gasteiger partial charge >= 0.3 is 6.03 Å². The third-order valence-electron chi connectivity index (χ3n) is 4.59. The van der Waals surface area contributed by atoms with E-state index in [9.17, 15) is 18.8 Å². The van der Waals surface area contributed by atoms with Crippen molar-refractivity contribution in [1.29, 1.82) is 0 Å². The van der Waals surface area contributed by atoms with Crippen LogP contribution in [0.4, 0.5) is 14.9 Å². The Morgan fingerprint density at radius 2 is 1.80 bits per heavy atom. The normalized spacial score (nSPS) is 16.5. The highest BCUT2D eigenvalue weighted by Gasteiger charge is 2.36. The maximum absolute atomic E-state index is 13.2. The fourth-order valence-corrected chi connectivity index (χ4v) is 2.82. The van der Waals surface area contributed by atoms with Crippen LogP contribution in [-0.2, 0) is 9.59 Å². The van der Waals surface area contributed by atoms with Crippen molar-refractivity contribution in [3.63, 3.8) is 0 Å². The van der Waals surface area contributed by atoms with Crippen LogP contribution in [0.25, 0.3) is 6.08 Å². The molecule has 156 valence electrons. The van der Waals surface area contributed by atoms with Gasteiger partial charge in [0.25, 0.3) is 11.8 Å². The molecule has 0 spiro atoms. The van der Waals surface area contributed by atoms with E-state index < -0.39 is 23.7 Å². The second-order valence-corrected chi connectivity index (χ2v) is 6.68. The molecule has 1 aliphatic rings. The van der Waals surface area contributed by atoms with Gasteiger partial charge in [0.1, 0.15) is 11.4 Å². The molecule has 0 saturated carbocycles. The molecular formula is C22H21FN2O5. The molecule has 1 aliphatic heterocycles. The molecule has 4 amide bonds. The number of carbonyl (C=O) groups is 3. The number of halogens is 1. The summed E-state index contributed by atoms with van der Waals surface area (Å²) in [6.45, 7) is 3.93. The number of amides is 4. The molecule has 1 N–H and O–H groups in total. The average molecular weight is 412 g/mol. The standard InChI is InChI=1S/C22H21FN2O5/c1-4-13(2)30-18-10-5-14(12-19(18)29-3)11-17-20(26)24-22(28)25(21(17)27)16-8-6-15(23)7-9-16/h5-13H,4H2,1-3H3,(H,24,26,28)/b17-11-/t13-/m1/s1. The largest absolute Gasteiger partial charge is 0.493 e. The van der Waals surface area contributed by atoms with E-state index in [4.69, 9.17) is 9.47 Å². The summed E-state index contributed by atoms with van der Waals surface area (Å²) < 4.78 is 24.3. The number of hydrogen-bond donors (Lipinski definition) is 1. The van der Waals surface area contributed by atoms with E-state index in [2.05, 4.69) is 5.32 Å². The highest BCUT2D eigenvalue weighted by molar-refractivity contribution is 6.39. The minimum absolute atomic E-state index is 0.0101. The Morgan fingerprint density at radius 3 is 2.43 bits per heavy atom. The van der Waals surface area contributed by atoms with Crippen LogP contribution in [0.2, 0.25) is 0 Å². The number of nitrogens with one attached hydrogen (secondary N) is 1. The topological polar surface area (TPSA) is 84.9 Å². The zero-order chi connectivity index (χ0) is 21.8. The first kappa shape index (κ1) is 21.0. The van der Waals surface area contributed by atoms with Gasteiger partial charge in [-0.25, -0.2) is 14.1 Å². The molecular weight excluding hydrogens is 391 g/mol. The van der Waals surface area contributed by atoms with Gasteiger partial charge in [-0.2, -0.15) is 0 Å². The summed E-state index contributed by atoms with van der Waals surface area (Å²) in [6, 6.07) is 8.90. The number of methoxy groups -OCH3 is 1. The monoisotopic (exact) mass is 412 g/mol. The van der Waals surface area contributed by atoms with E-state index in [0.29, 0.717) is 17.1 Å². The van der Waals surface area contributed by atoms with Gasteiger partial charge in [-0.3, -0.25) is 14.9 Å². The van der Waals surface area contributed by atoms with Gasteiger partial charge in [0.15, 0.2) is 11.5 Å². The molecule has 8 heteroatoms. The third kappa shape index (κ3) is 4.32. The fraction of sp³-hybridized carbons (Fsp3) is 0.227. The summed E-state index contributed by atoms with van der Waals surface area (Å²) in [5.41, 5.74) is 0.416. The number of nitrogens with zero attached hydrogens (tertiary/aromatic N) is 1. The van der Waals surface area contributed by atoms with Crippen LogP contribution in [0.5, 0.6) is 11.5 Å². The molecule has 2 aromatic rings. The number of barbiturate groups is 1. The summed E-state index contributed by atoms with van der Waals surface area (Å²) in [4.78, 5) is 38.1. The highest BCUT2D eigenvalue weighted by Crippen LogP contribution is 2.31. The highest BCUT2D eigenvalue weighted by atomic mass is 19.1. The van der Waals surface area contributed by atoms with Gasteiger partial charge in [-0.15, -0.1) is 0 Å². The maximum atomic E-state index is 13.2. The number of hydrogen-bond acceptors (Lipinski definition) is 5. The molecule has 0 bridgehead atoms. The summed E-state index contributed by atoms with van der Waals surface area (Å²) in [5, 5.41) is 2.13. The zero-order valence-electron chi connectivity index (χ0n) is 16.8. The van der Waals surface area contributed by atoms with Crippen molar-refractivity contribution in [1.82, 2.24) is 5.32 Å². The lowest BCUT2D eigenvalue weighted by atomic mass is 10.1. The molecule has 1 saturated heterocycles. The van der Waals surface area contributed by atoms with Gasteiger partial charge in [-0.1, -0.05) is 13.0 Å². The molecule has 1 atom stereocenters. The van der Waals surface area contributed by atoms with Crippen molar-refractivity contribution in [2.45, 2.75) is 26.4 Å². The number of urea groups is 1. The number of carbonyl (C=O) groups excluding carboxylic acids is 3. The molecule has 7 nitrogen and oxygen atoms in total. The molecule has 0 aromatic heterocycles. The molecule has 0 radical (unpaired) electrons. The predicted octanol–water partition coefficient (Wildman–Crippen LogP) is 3.68. The molecule has 0 aliphatic carbocycles. The molecule has 1 fully saturated rings. The van der Waals surface area contributed by atoms with Gasteiger partial charge in [0.05, 0.1) is 18.9 Å². The van der Waals surface area contributed by atoms with Crippen molar-refractivity contribution >= 4 is 29.6 Å². The molecule has 30 heavy (non-hydrogen) atoms. The SMILES string of the molecule is CC[C@@H](C)Oc1ccc(/C=C2/C(=O)NC(=O)N(c3ccc(F)cc3)C2=O)cc1OC. The zero-order valence-corrected chi connectivity index (χ0v) is 16.8. The first-order valence-electron chi connectivity index (χ1n) is 9.35. The number of anilines is 1. The molecule has 2 aromatic carbocycles. The summed E-state index contributed by atoms with van der Waals surface area (Å²) in [5.74, 6) is -1.16. The number of benzene rings is 2. The van der Waals surface area contributed by atoms with Crippen molar-refractivity contribution in [3.05, 3.63) is 59.4 Å². The van der Waals surface area contributed by atoms with E-state index in [-0.39, 0.29) is 17.4 Å². The first-order chi connectivity index (χ1) is 14.3. The molecule has 0 unspecified atom stereocenters. The van der Waals surface area contributed by atoms with Crippen molar-refractivity contribution in [2.24, 2.45) is 0 Å². The van der Waals surface area contributed by atoms with Crippen LogP contribution in [-0.4, -0.2) is 31.1 Å². The maximum Gasteiger partial charge on any atom is 0.335 e. The fourth-order valence-electron chi connectivity index (χ4n) is 2.82. The Kier molecular flexibility index (Phi) is 6.15. The second-order valence-electron chi connectivity index (χ2n) is 6.68. The van der Waals surface area contributed by atoms with E-state index >= 15 is 0 Å². The van der Waals surface area contributed by atoms with Crippen molar-refractivity contribution in [3.8, 4) is 11.5 Å². The Hall–Kier alpha value is -3.68. The van der Waals surface area contributed by atoms with Crippen LogP contribution in [0.3, 0.4) is 0 Å². The molecule has 3 rings (SSSR count). The van der Waals surface area contributed by atoms with Gasteiger partial charge in [0, 0.05) is 0 Å². The second kappa shape index (κ2) is 8.77. The molecule has 1 heterocycles. The van der Waals surface area contributed by atoms with Gasteiger partial charge in [0.2, 0.25) is 0 Å². The Balaban J connectivity index is 1.95. The number of imide groups is 2. The van der Waals surface area contributed by atoms with Gasteiger partial charge in [-0.05, 0) is 61.4 Å². The minimum Gasteiger partial charge on any atom is -0.493 e. The lowest BCUT2D eigenvalue weighted by molar-refractivity contribution is -0.122. The van der Waals surface area contributed by atoms with E-state index in [1.54, 1.807) is 18.2 Å². The number of rotatable bonds is 6. The summed E-state index contributed by atoms with van der Waals surface area (Å²) >= 11 is 0. The lowest BCUT2D eigenvalue weighted by Gasteiger charge is -2.26. The van der Waals surface area contributed by atoms with Crippen molar-refractivity contribution in [2.75, 3.05) is 12.0 Å². The lowest BCUT2D eigenvalue weighted by Crippen LogP contribution is -2.54. The smallest absolute Gasteiger partial charge is 0.335 e. The van der Waals surface area contributed by atoms with Crippen LogP contribution < -0.4 is 19.7 Å². The minimum atomic E-state index is -0.899.